The first-order valence-electron chi connectivity index (χ1n) is 7.33. The lowest BCUT2D eigenvalue weighted by atomic mass is 10.2. The number of hydrazone groups is 1. The van der Waals surface area contributed by atoms with Gasteiger partial charge in [0.1, 0.15) is 0 Å². The van der Waals surface area contributed by atoms with E-state index in [1.165, 1.54) is 24.3 Å². The number of carbonyl (C=O) groups is 2. The van der Waals surface area contributed by atoms with Crippen molar-refractivity contribution in [3.05, 3.63) is 68.7 Å². The summed E-state index contributed by atoms with van der Waals surface area (Å²) in [5, 5.41) is 15.5. The number of nitro benzene ring substituents is 1. The normalized spacial score (nSPS) is 11.3. The predicted octanol–water partition coefficient (Wildman–Crippen LogP) is 3.36. The summed E-state index contributed by atoms with van der Waals surface area (Å²) in [5.41, 5.74) is 0.701. The first-order valence-corrected chi connectivity index (χ1v) is 7.71. The maximum absolute atomic E-state index is 12.8. The van der Waals surface area contributed by atoms with E-state index < -0.39 is 33.5 Å². The molecule has 2 aromatic rings. The van der Waals surface area contributed by atoms with Crippen LogP contribution in [0.15, 0.2) is 47.6 Å². The number of hydrogen-bond acceptors (Lipinski definition) is 5. The second kappa shape index (κ2) is 8.48. The van der Waals surface area contributed by atoms with Crippen molar-refractivity contribution in [2.24, 2.45) is 5.10 Å². The van der Waals surface area contributed by atoms with Crippen LogP contribution in [0, 0.1) is 10.1 Å². The lowest BCUT2D eigenvalue weighted by Crippen LogP contribution is -2.32. The smallest absolute Gasteiger partial charge is 0.318 e. The number of amides is 2. The van der Waals surface area contributed by atoms with Gasteiger partial charge in [0.25, 0.3) is 5.69 Å². The fraction of sp³-hybridized carbons (Fsp3) is 0.0625. The molecule has 2 aromatic carbocycles. The van der Waals surface area contributed by atoms with Crippen LogP contribution in [0.3, 0.4) is 0 Å². The van der Waals surface area contributed by atoms with Crippen LogP contribution in [-0.2, 0) is 15.8 Å². The van der Waals surface area contributed by atoms with Gasteiger partial charge in [-0.25, -0.2) is 5.43 Å². The molecule has 0 aromatic heterocycles. The molecule has 0 saturated heterocycles. The minimum Gasteiger partial charge on any atom is -0.318 e. The number of nitrogens with one attached hydrogen (secondary N) is 2. The van der Waals surface area contributed by atoms with Crippen LogP contribution in [0.25, 0.3) is 0 Å². The monoisotopic (exact) mass is 414 g/mol. The molecule has 0 atom stereocenters. The molecule has 12 heteroatoms. The summed E-state index contributed by atoms with van der Waals surface area (Å²) in [6.07, 6.45) is -3.60. The summed E-state index contributed by atoms with van der Waals surface area (Å²) in [7, 11) is 0. The molecule has 0 saturated carbocycles. The zero-order chi connectivity index (χ0) is 20.9. The van der Waals surface area contributed by atoms with Crippen molar-refractivity contribution in [2.75, 3.05) is 5.32 Å². The molecule has 2 N–H and O–H groups in total. The van der Waals surface area contributed by atoms with Gasteiger partial charge in [-0.1, -0.05) is 11.6 Å². The molecular formula is C16H10ClF3N4O4. The molecule has 0 aliphatic heterocycles. The van der Waals surface area contributed by atoms with Crippen LogP contribution < -0.4 is 10.7 Å². The Balaban J connectivity index is 1.98. The highest BCUT2D eigenvalue weighted by Gasteiger charge is 2.33. The summed E-state index contributed by atoms with van der Waals surface area (Å²) in [5.74, 6) is -2.49. The van der Waals surface area contributed by atoms with Gasteiger partial charge in [-0.15, -0.1) is 0 Å². The average molecular weight is 415 g/mol. The van der Waals surface area contributed by atoms with Crippen molar-refractivity contribution >= 4 is 41.0 Å². The number of nitrogens with zero attached hydrogens (tertiary/aromatic N) is 2. The van der Waals surface area contributed by atoms with Crippen LogP contribution in [0.2, 0.25) is 5.02 Å². The number of rotatable bonds is 4. The molecule has 0 aliphatic carbocycles. The third kappa shape index (κ3) is 5.51. The zero-order valence-electron chi connectivity index (χ0n) is 13.7. The summed E-state index contributed by atoms with van der Waals surface area (Å²) < 4.78 is 38.4. The minimum absolute atomic E-state index is 0.137. The Morgan fingerprint density at radius 1 is 1.11 bits per heavy atom. The van der Waals surface area contributed by atoms with Crippen LogP contribution >= 0.6 is 11.6 Å². The van der Waals surface area contributed by atoms with Crippen molar-refractivity contribution in [3.8, 4) is 0 Å². The van der Waals surface area contributed by atoms with E-state index >= 15 is 0 Å². The van der Waals surface area contributed by atoms with Gasteiger partial charge in [-0.2, -0.15) is 18.3 Å². The van der Waals surface area contributed by atoms with Gasteiger partial charge in [-0.3, -0.25) is 19.7 Å². The zero-order valence-corrected chi connectivity index (χ0v) is 14.4. The molecule has 2 rings (SSSR count). The summed E-state index contributed by atoms with van der Waals surface area (Å²) >= 11 is 5.47. The van der Waals surface area contributed by atoms with E-state index in [0.717, 1.165) is 18.3 Å². The lowest BCUT2D eigenvalue weighted by molar-refractivity contribution is -0.384. The van der Waals surface area contributed by atoms with E-state index in [0.29, 0.717) is 11.6 Å². The van der Waals surface area contributed by atoms with Gasteiger partial charge in [-0.05, 0) is 35.9 Å². The van der Waals surface area contributed by atoms with Crippen molar-refractivity contribution in [1.82, 2.24) is 5.43 Å². The maximum atomic E-state index is 12.8. The number of halogens is 4. The molecule has 28 heavy (non-hydrogen) atoms. The first-order chi connectivity index (χ1) is 13.1. The summed E-state index contributed by atoms with van der Waals surface area (Å²) in [6.45, 7) is 0. The molecular weight excluding hydrogens is 405 g/mol. The van der Waals surface area contributed by atoms with Gasteiger partial charge in [0.2, 0.25) is 0 Å². The Morgan fingerprint density at radius 3 is 2.32 bits per heavy atom. The number of carbonyl (C=O) groups excluding carboxylic acids is 2. The average Bonchev–Trinajstić information content (AvgIpc) is 2.62. The van der Waals surface area contributed by atoms with E-state index in [9.17, 15) is 32.9 Å². The van der Waals surface area contributed by atoms with Gasteiger partial charge < -0.3 is 5.32 Å². The van der Waals surface area contributed by atoms with Crippen molar-refractivity contribution in [1.29, 1.82) is 0 Å². The molecule has 0 fully saturated rings. The quantitative estimate of drug-likeness (QED) is 0.345. The SMILES string of the molecule is O=C(N/N=C\c1ccc([N+](=O)[O-])cc1)C(=O)Nc1ccc(Cl)c(C(F)(F)F)c1. The van der Waals surface area contributed by atoms with Gasteiger partial charge in [0, 0.05) is 17.8 Å². The van der Waals surface area contributed by atoms with E-state index in [1.54, 1.807) is 0 Å². The second-order valence-electron chi connectivity index (χ2n) is 5.19. The van der Waals surface area contributed by atoms with Gasteiger partial charge in [0.05, 0.1) is 21.7 Å². The Hall–Kier alpha value is -3.47. The highest BCUT2D eigenvalue weighted by molar-refractivity contribution is 6.39. The van der Waals surface area contributed by atoms with Gasteiger partial charge >= 0.3 is 18.0 Å². The fourth-order valence-electron chi connectivity index (χ4n) is 1.91. The summed E-state index contributed by atoms with van der Waals surface area (Å²) in [4.78, 5) is 33.3. The molecule has 146 valence electrons. The molecule has 0 bridgehead atoms. The van der Waals surface area contributed by atoms with Crippen molar-refractivity contribution in [3.63, 3.8) is 0 Å². The van der Waals surface area contributed by atoms with Crippen molar-refractivity contribution < 1.29 is 27.7 Å². The number of hydrogen-bond donors (Lipinski definition) is 2. The largest absolute Gasteiger partial charge is 0.417 e. The van der Waals surface area contributed by atoms with E-state index in [4.69, 9.17) is 11.6 Å². The predicted molar refractivity (Wildman–Crippen MR) is 93.9 cm³/mol. The van der Waals surface area contributed by atoms with Crippen LogP contribution in [-0.4, -0.2) is 23.0 Å². The number of alkyl halides is 3. The molecule has 0 unspecified atom stereocenters. The Kier molecular flexibility index (Phi) is 6.31. The minimum atomic E-state index is -4.73. The highest BCUT2D eigenvalue weighted by atomic mass is 35.5. The standard InChI is InChI=1S/C16H10ClF3N4O4/c17-13-6-3-10(7-12(13)16(18,19)20)22-14(25)15(26)23-21-8-9-1-4-11(5-2-9)24(27)28/h1-8H,(H,22,25)(H,23,26)/b21-8-. The molecule has 0 heterocycles. The first kappa shape index (κ1) is 20.8. The second-order valence-corrected chi connectivity index (χ2v) is 5.60. The topological polar surface area (TPSA) is 114 Å². The Labute approximate surface area is 160 Å². The van der Waals surface area contributed by atoms with Gasteiger partial charge in [0.15, 0.2) is 0 Å². The maximum Gasteiger partial charge on any atom is 0.417 e. The van der Waals surface area contributed by atoms with E-state index in [2.05, 4.69) is 5.10 Å². The third-order valence-electron chi connectivity index (χ3n) is 3.22. The molecule has 8 nitrogen and oxygen atoms in total. The Morgan fingerprint density at radius 2 is 1.75 bits per heavy atom. The highest BCUT2D eigenvalue weighted by Crippen LogP contribution is 2.36. The van der Waals surface area contributed by atoms with Crippen LogP contribution in [0.4, 0.5) is 24.5 Å². The molecule has 0 radical (unpaired) electrons. The number of nitro groups is 1. The number of anilines is 1. The molecule has 2 amide bonds. The third-order valence-corrected chi connectivity index (χ3v) is 3.55. The summed E-state index contributed by atoms with van der Waals surface area (Å²) in [6, 6.07) is 7.78. The van der Waals surface area contributed by atoms with E-state index in [1.807, 2.05) is 10.7 Å². The van der Waals surface area contributed by atoms with E-state index in [-0.39, 0.29) is 11.4 Å². The van der Waals surface area contributed by atoms with Crippen LogP contribution in [0.1, 0.15) is 11.1 Å². The molecule has 0 spiro atoms. The number of benzene rings is 2. The fourth-order valence-corrected chi connectivity index (χ4v) is 2.13. The van der Waals surface area contributed by atoms with Crippen molar-refractivity contribution in [2.45, 2.75) is 6.18 Å². The van der Waals surface area contributed by atoms with Crippen LogP contribution in [0.5, 0.6) is 0 Å². The lowest BCUT2D eigenvalue weighted by Gasteiger charge is -2.11. The molecule has 0 aliphatic rings. The Bertz CT molecular complexity index is 946. The number of non-ortho nitro benzene ring substituents is 1.